The predicted molar refractivity (Wildman–Crippen MR) is 84.1 cm³/mol. The number of nitrogens with zero attached hydrogens (tertiary/aromatic N) is 3. The van der Waals surface area contributed by atoms with Crippen LogP contribution in [-0.2, 0) is 0 Å². The fraction of sp³-hybridized carbons (Fsp3) is 0.267. The molecule has 0 radical (unpaired) electrons. The zero-order valence-corrected chi connectivity index (χ0v) is 12.7. The Kier molecular flexibility index (Phi) is 3.21. The van der Waals surface area contributed by atoms with E-state index in [9.17, 15) is 9.18 Å². The van der Waals surface area contributed by atoms with Crippen LogP contribution in [-0.4, -0.2) is 19.7 Å². The van der Waals surface area contributed by atoms with Crippen LogP contribution in [0.15, 0.2) is 29.3 Å². The molecule has 0 saturated heterocycles. The normalized spacial score (nSPS) is 16.0. The summed E-state index contributed by atoms with van der Waals surface area (Å²) >= 11 is 6.07. The van der Waals surface area contributed by atoms with Gasteiger partial charge >= 0.3 is 0 Å². The molecule has 0 amide bonds. The zero-order chi connectivity index (χ0) is 16.1. The lowest BCUT2D eigenvalue weighted by Crippen LogP contribution is -2.29. The number of halogens is 2. The van der Waals surface area contributed by atoms with Crippen molar-refractivity contribution in [3.8, 4) is 5.69 Å². The van der Waals surface area contributed by atoms with Crippen molar-refractivity contribution >= 4 is 22.5 Å². The second-order valence-corrected chi connectivity index (χ2v) is 6.12. The highest BCUT2D eigenvalue weighted by atomic mass is 35.5. The molecule has 0 bridgehead atoms. The number of hydrogen-bond donors (Lipinski definition) is 2. The topological polar surface area (TPSA) is 89.6 Å². The van der Waals surface area contributed by atoms with E-state index in [0.29, 0.717) is 11.5 Å². The highest BCUT2D eigenvalue weighted by molar-refractivity contribution is 6.35. The van der Waals surface area contributed by atoms with Crippen molar-refractivity contribution in [2.75, 3.05) is 0 Å². The molecule has 1 fully saturated rings. The summed E-state index contributed by atoms with van der Waals surface area (Å²) in [6.45, 7) is 0. The third-order valence-corrected chi connectivity index (χ3v) is 4.38. The van der Waals surface area contributed by atoms with Crippen molar-refractivity contribution in [2.24, 2.45) is 11.7 Å². The molecule has 23 heavy (non-hydrogen) atoms. The van der Waals surface area contributed by atoms with E-state index < -0.39 is 11.4 Å². The first-order valence-corrected chi connectivity index (χ1v) is 7.60. The number of aromatic nitrogens is 4. The van der Waals surface area contributed by atoms with Crippen molar-refractivity contribution in [3.63, 3.8) is 0 Å². The van der Waals surface area contributed by atoms with Gasteiger partial charge in [-0.15, -0.1) is 0 Å². The first-order chi connectivity index (χ1) is 11.1. The molecule has 3 N–H and O–H groups in total. The van der Waals surface area contributed by atoms with Gasteiger partial charge in [0.15, 0.2) is 0 Å². The standard InChI is InChI=1S/C15H13ClFN5O/c16-11-4-8(17)3-10-13(11)21-14(12(18)7-1-2-7)22(15(10)23)9-5-19-20-6-9/h3-7,12H,1-2,18H2,(H,19,20)/t12-/m0/s1. The number of nitrogens with two attached hydrogens (primary N) is 1. The maximum absolute atomic E-state index is 13.6. The lowest BCUT2D eigenvalue weighted by atomic mass is 10.1. The van der Waals surface area contributed by atoms with Crippen molar-refractivity contribution in [3.05, 3.63) is 51.5 Å². The Morgan fingerprint density at radius 1 is 1.43 bits per heavy atom. The maximum atomic E-state index is 13.6. The Bertz CT molecular complexity index is 949. The van der Waals surface area contributed by atoms with Crippen LogP contribution in [0.25, 0.3) is 16.6 Å². The van der Waals surface area contributed by atoms with Crippen molar-refractivity contribution in [1.82, 2.24) is 19.7 Å². The van der Waals surface area contributed by atoms with Crippen LogP contribution < -0.4 is 11.3 Å². The minimum Gasteiger partial charge on any atom is -0.321 e. The third-order valence-electron chi connectivity index (χ3n) is 4.09. The molecule has 1 atom stereocenters. The Morgan fingerprint density at radius 2 is 2.22 bits per heavy atom. The molecule has 2 aromatic heterocycles. The lowest BCUT2D eigenvalue weighted by molar-refractivity contribution is 0.573. The van der Waals surface area contributed by atoms with E-state index in [0.717, 1.165) is 25.0 Å². The minimum atomic E-state index is -0.584. The van der Waals surface area contributed by atoms with Crippen LogP contribution in [0.4, 0.5) is 4.39 Å². The van der Waals surface area contributed by atoms with Crippen molar-refractivity contribution in [1.29, 1.82) is 0 Å². The minimum absolute atomic E-state index is 0.0979. The molecule has 1 saturated carbocycles. The van der Waals surface area contributed by atoms with Crippen LogP contribution in [0.2, 0.25) is 5.02 Å². The monoisotopic (exact) mass is 333 g/mol. The van der Waals surface area contributed by atoms with Gasteiger partial charge in [0, 0.05) is 6.20 Å². The SMILES string of the molecule is N[C@H](c1nc2c(Cl)cc(F)cc2c(=O)n1-c1cn[nH]c1)C1CC1. The number of aromatic amines is 1. The van der Waals surface area contributed by atoms with Crippen molar-refractivity contribution in [2.45, 2.75) is 18.9 Å². The van der Waals surface area contributed by atoms with E-state index in [4.69, 9.17) is 17.3 Å². The number of benzene rings is 1. The summed E-state index contributed by atoms with van der Waals surface area (Å²) in [5.74, 6) is 0.121. The number of rotatable bonds is 3. The fourth-order valence-electron chi connectivity index (χ4n) is 2.74. The Labute approximate surface area is 135 Å². The maximum Gasteiger partial charge on any atom is 0.266 e. The van der Waals surface area contributed by atoms with Crippen molar-refractivity contribution < 1.29 is 4.39 Å². The summed E-state index contributed by atoms with van der Waals surface area (Å²) < 4.78 is 15.0. The molecular formula is C15H13ClFN5O. The number of nitrogens with one attached hydrogen (secondary N) is 1. The molecule has 4 rings (SSSR count). The molecule has 8 heteroatoms. The first-order valence-electron chi connectivity index (χ1n) is 7.22. The molecule has 0 aliphatic heterocycles. The van der Waals surface area contributed by atoms with Crippen LogP contribution in [0.5, 0.6) is 0 Å². The largest absolute Gasteiger partial charge is 0.321 e. The molecule has 118 valence electrons. The first kappa shape index (κ1) is 14.3. The molecule has 2 heterocycles. The number of fused-ring (bicyclic) bond motifs is 1. The molecule has 1 aliphatic rings. The molecule has 0 spiro atoms. The fourth-order valence-corrected chi connectivity index (χ4v) is 2.99. The Hall–Kier alpha value is -2.25. The summed E-state index contributed by atoms with van der Waals surface area (Å²) in [5.41, 5.74) is 6.64. The smallest absolute Gasteiger partial charge is 0.266 e. The van der Waals surface area contributed by atoms with Gasteiger partial charge in [-0.1, -0.05) is 11.6 Å². The van der Waals surface area contributed by atoms with Crippen LogP contribution in [0.1, 0.15) is 24.7 Å². The summed E-state index contributed by atoms with van der Waals surface area (Å²) in [6.07, 6.45) is 5.06. The number of H-pyrrole nitrogens is 1. The molecule has 1 aliphatic carbocycles. The predicted octanol–water partition coefficient (Wildman–Crippen LogP) is 2.31. The van der Waals surface area contributed by atoms with Gasteiger partial charge < -0.3 is 5.73 Å². The van der Waals surface area contributed by atoms with Gasteiger partial charge in [0.1, 0.15) is 11.6 Å². The van der Waals surface area contributed by atoms with Gasteiger partial charge in [0.05, 0.1) is 33.9 Å². The quantitative estimate of drug-likeness (QED) is 0.769. The van der Waals surface area contributed by atoms with E-state index >= 15 is 0 Å². The summed E-state index contributed by atoms with van der Waals surface area (Å²) in [7, 11) is 0. The average Bonchev–Trinajstić information content (AvgIpc) is 3.23. The second kappa shape index (κ2) is 5.14. The van der Waals surface area contributed by atoms with E-state index in [1.54, 1.807) is 6.20 Å². The molecule has 6 nitrogen and oxygen atoms in total. The van der Waals surface area contributed by atoms with E-state index in [-0.39, 0.29) is 27.9 Å². The van der Waals surface area contributed by atoms with E-state index in [1.807, 2.05) is 0 Å². The van der Waals surface area contributed by atoms with Gasteiger partial charge in [-0.3, -0.25) is 14.5 Å². The zero-order valence-electron chi connectivity index (χ0n) is 12.0. The van der Waals surface area contributed by atoms with Gasteiger partial charge in [0.25, 0.3) is 5.56 Å². The van der Waals surface area contributed by atoms with Crippen LogP contribution in [0, 0.1) is 11.7 Å². The Morgan fingerprint density at radius 3 is 2.87 bits per heavy atom. The van der Waals surface area contributed by atoms with E-state index in [1.165, 1.54) is 10.8 Å². The van der Waals surface area contributed by atoms with Gasteiger partial charge in [0.2, 0.25) is 0 Å². The van der Waals surface area contributed by atoms with Crippen LogP contribution in [0.3, 0.4) is 0 Å². The second-order valence-electron chi connectivity index (χ2n) is 5.71. The van der Waals surface area contributed by atoms with Crippen LogP contribution >= 0.6 is 11.6 Å². The van der Waals surface area contributed by atoms with Gasteiger partial charge in [-0.2, -0.15) is 5.10 Å². The molecule has 0 unspecified atom stereocenters. The third kappa shape index (κ3) is 2.32. The van der Waals surface area contributed by atoms with Gasteiger partial charge in [-0.05, 0) is 30.9 Å². The average molecular weight is 334 g/mol. The number of hydrogen-bond acceptors (Lipinski definition) is 4. The Balaban J connectivity index is 2.09. The highest BCUT2D eigenvalue weighted by Gasteiger charge is 2.33. The summed E-state index contributed by atoms with van der Waals surface area (Å²) in [6, 6.07) is 1.90. The molecule has 1 aromatic carbocycles. The highest BCUT2D eigenvalue weighted by Crippen LogP contribution is 2.39. The molecule has 3 aromatic rings. The van der Waals surface area contributed by atoms with E-state index in [2.05, 4.69) is 15.2 Å². The molecular weight excluding hydrogens is 321 g/mol. The van der Waals surface area contributed by atoms with Gasteiger partial charge in [-0.25, -0.2) is 9.37 Å². The lowest BCUT2D eigenvalue weighted by Gasteiger charge is -2.17. The summed E-state index contributed by atoms with van der Waals surface area (Å²) in [4.78, 5) is 17.4. The summed E-state index contributed by atoms with van der Waals surface area (Å²) in [5, 5.41) is 6.73.